The van der Waals surface area contributed by atoms with E-state index in [1.165, 1.54) is 12.3 Å². The van der Waals surface area contributed by atoms with E-state index in [1.807, 2.05) is 12.1 Å². The Hall–Kier alpha value is -3.35. The average molecular weight is 427 g/mol. The van der Waals surface area contributed by atoms with Crippen LogP contribution in [0.3, 0.4) is 0 Å². The van der Waals surface area contributed by atoms with Crippen molar-refractivity contribution in [1.29, 1.82) is 0 Å². The molecule has 1 heterocycles. The highest BCUT2D eigenvalue weighted by Crippen LogP contribution is 2.22. The number of aliphatic carboxylic acids is 1. The molecule has 3 N–H and O–H groups in total. The zero-order valence-electron chi connectivity index (χ0n) is 18.2. The summed E-state index contributed by atoms with van der Waals surface area (Å²) in [5.41, 5.74) is 1.60. The van der Waals surface area contributed by atoms with Crippen LogP contribution in [0, 0.1) is 0 Å². The minimum Gasteiger partial charge on any atom is -0.481 e. The molecule has 0 fully saturated rings. The molecule has 0 atom stereocenters. The van der Waals surface area contributed by atoms with Crippen molar-refractivity contribution in [2.24, 2.45) is 0 Å². The lowest BCUT2D eigenvalue weighted by Crippen LogP contribution is -2.35. The number of unbranched alkanes of at least 4 members (excludes halogenated alkanes) is 2. The lowest BCUT2D eigenvalue weighted by molar-refractivity contribution is -0.137. The predicted molar refractivity (Wildman–Crippen MR) is 118 cm³/mol. The van der Waals surface area contributed by atoms with Gasteiger partial charge >= 0.3 is 5.97 Å². The number of hydrogen-bond donors (Lipinski definition) is 3. The van der Waals surface area contributed by atoms with Crippen LogP contribution in [0.5, 0.6) is 0 Å². The Labute approximate surface area is 182 Å². The molecule has 0 aliphatic rings. The van der Waals surface area contributed by atoms with Crippen LogP contribution in [0.4, 0.5) is 0 Å². The summed E-state index contributed by atoms with van der Waals surface area (Å²) in [5, 5.41) is 14.1. The Bertz CT molecular complexity index is 906. The monoisotopic (exact) mass is 426 g/mol. The van der Waals surface area contributed by atoms with E-state index >= 15 is 0 Å². The molecule has 2 aromatic rings. The van der Waals surface area contributed by atoms with Gasteiger partial charge in [0.15, 0.2) is 0 Å². The van der Waals surface area contributed by atoms with Crippen molar-refractivity contribution in [3.63, 3.8) is 0 Å². The van der Waals surface area contributed by atoms with Gasteiger partial charge in [-0.05, 0) is 48.1 Å². The third kappa shape index (κ3) is 8.12. The molecule has 0 bridgehead atoms. The Kier molecular flexibility index (Phi) is 8.61. The van der Waals surface area contributed by atoms with Gasteiger partial charge in [-0.2, -0.15) is 0 Å². The smallest absolute Gasteiger partial charge is 0.303 e. The van der Waals surface area contributed by atoms with Gasteiger partial charge in [-0.3, -0.25) is 14.4 Å². The van der Waals surface area contributed by atoms with Gasteiger partial charge in [0.2, 0.25) is 0 Å². The maximum absolute atomic E-state index is 12.7. The van der Waals surface area contributed by atoms with Crippen molar-refractivity contribution in [3.8, 4) is 0 Å². The van der Waals surface area contributed by atoms with Gasteiger partial charge in [0.1, 0.15) is 11.5 Å². The van der Waals surface area contributed by atoms with Crippen molar-refractivity contribution < 1.29 is 23.9 Å². The summed E-state index contributed by atoms with van der Waals surface area (Å²) in [4.78, 5) is 35.9. The number of carbonyl (C=O) groups excluding carboxylic acids is 2. The summed E-state index contributed by atoms with van der Waals surface area (Å²) in [6.07, 6.45) is 4.97. The van der Waals surface area contributed by atoms with Gasteiger partial charge in [0.05, 0.1) is 6.26 Å². The predicted octanol–water partition coefficient (Wildman–Crippen LogP) is 4.11. The molecule has 31 heavy (non-hydrogen) atoms. The first-order valence-corrected chi connectivity index (χ1v) is 10.3. The molecule has 0 saturated carbocycles. The number of amides is 2. The van der Waals surface area contributed by atoms with E-state index in [2.05, 4.69) is 31.4 Å². The fraction of sp³-hybridized carbons (Fsp3) is 0.375. The first-order valence-electron chi connectivity index (χ1n) is 10.3. The largest absolute Gasteiger partial charge is 0.481 e. The molecule has 0 aliphatic carbocycles. The SMILES string of the molecule is CC(C)(C)c1ccc(C(=O)NC(=Cc2ccco2)C(=O)NCCCCCC(=O)O)cc1. The minimum atomic E-state index is -0.828. The first kappa shape index (κ1) is 23.9. The molecule has 1 aromatic carbocycles. The lowest BCUT2D eigenvalue weighted by atomic mass is 9.87. The Morgan fingerprint density at radius 1 is 1.03 bits per heavy atom. The second-order valence-corrected chi connectivity index (χ2v) is 8.32. The molecule has 0 unspecified atom stereocenters. The van der Waals surface area contributed by atoms with E-state index in [0.717, 1.165) is 5.56 Å². The zero-order valence-corrected chi connectivity index (χ0v) is 18.2. The number of carbonyl (C=O) groups is 3. The van der Waals surface area contributed by atoms with E-state index < -0.39 is 17.8 Å². The van der Waals surface area contributed by atoms with Crippen LogP contribution in [0.2, 0.25) is 0 Å². The normalized spacial score (nSPS) is 11.8. The maximum atomic E-state index is 12.7. The van der Waals surface area contributed by atoms with Gasteiger partial charge in [-0.25, -0.2) is 0 Å². The van der Waals surface area contributed by atoms with Crippen molar-refractivity contribution in [3.05, 3.63) is 65.2 Å². The van der Waals surface area contributed by atoms with Crippen molar-refractivity contribution in [2.45, 2.75) is 51.9 Å². The standard InChI is InChI=1S/C24H30N2O5/c1-24(2,3)18-12-10-17(11-13-18)22(29)26-20(16-19-8-7-15-31-19)23(30)25-14-6-4-5-9-21(27)28/h7-8,10-13,15-16H,4-6,9,14H2,1-3H3,(H,25,30)(H,26,29)(H,27,28). The number of carboxylic acids is 1. The highest BCUT2D eigenvalue weighted by Gasteiger charge is 2.17. The quantitative estimate of drug-likeness (QED) is 0.391. The van der Waals surface area contributed by atoms with E-state index in [9.17, 15) is 14.4 Å². The second-order valence-electron chi connectivity index (χ2n) is 8.32. The topological polar surface area (TPSA) is 109 Å². The molecule has 2 rings (SSSR count). The van der Waals surface area contributed by atoms with Gasteiger partial charge < -0.3 is 20.2 Å². The highest BCUT2D eigenvalue weighted by atomic mass is 16.4. The lowest BCUT2D eigenvalue weighted by Gasteiger charge is -2.19. The van der Waals surface area contributed by atoms with Crippen LogP contribution < -0.4 is 10.6 Å². The third-order valence-corrected chi connectivity index (χ3v) is 4.69. The molecule has 2 amide bonds. The number of nitrogens with one attached hydrogen (secondary N) is 2. The van der Waals surface area contributed by atoms with Gasteiger partial charge in [-0.1, -0.05) is 39.3 Å². The number of rotatable bonds is 10. The fourth-order valence-electron chi connectivity index (χ4n) is 2.87. The van der Waals surface area contributed by atoms with Crippen LogP contribution in [-0.2, 0) is 15.0 Å². The molecular formula is C24H30N2O5. The molecule has 7 heteroatoms. The van der Waals surface area contributed by atoms with E-state index in [1.54, 1.807) is 24.3 Å². The third-order valence-electron chi connectivity index (χ3n) is 4.69. The number of hydrogen-bond acceptors (Lipinski definition) is 4. The summed E-state index contributed by atoms with van der Waals surface area (Å²) in [7, 11) is 0. The Morgan fingerprint density at radius 3 is 2.32 bits per heavy atom. The zero-order chi connectivity index (χ0) is 22.9. The number of benzene rings is 1. The number of furan rings is 1. The minimum absolute atomic E-state index is 0.0241. The van der Waals surface area contributed by atoms with Gasteiger partial charge in [-0.15, -0.1) is 0 Å². The average Bonchev–Trinajstić information content (AvgIpc) is 3.22. The van der Waals surface area contributed by atoms with Crippen LogP contribution >= 0.6 is 0 Å². The van der Waals surface area contributed by atoms with E-state index in [-0.39, 0.29) is 17.5 Å². The summed E-state index contributed by atoms with van der Waals surface area (Å²) in [5.74, 6) is -1.22. The fourth-order valence-corrected chi connectivity index (χ4v) is 2.87. The summed E-state index contributed by atoms with van der Waals surface area (Å²) >= 11 is 0. The Morgan fingerprint density at radius 2 is 1.74 bits per heavy atom. The second kappa shape index (κ2) is 11.2. The highest BCUT2D eigenvalue weighted by molar-refractivity contribution is 6.05. The van der Waals surface area contributed by atoms with Crippen LogP contribution in [-0.4, -0.2) is 29.4 Å². The van der Waals surface area contributed by atoms with Crippen molar-refractivity contribution >= 4 is 23.9 Å². The van der Waals surface area contributed by atoms with E-state index in [4.69, 9.17) is 9.52 Å². The van der Waals surface area contributed by atoms with Gasteiger partial charge in [0.25, 0.3) is 11.8 Å². The maximum Gasteiger partial charge on any atom is 0.303 e. The molecular weight excluding hydrogens is 396 g/mol. The van der Waals surface area contributed by atoms with Gasteiger partial charge in [0, 0.05) is 24.6 Å². The molecule has 166 valence electrons. The molecule has 0 radical (unpaired) electrons. The van der Waals surface area contributed by atoms with Crippen LogP contribution in [0.25, 0.3) is 6.08 Å². The molecule has 0 spiro atoms. The Balaban J connectivity index is 2.02. The number of carboxylic acid groups (broad SMARTS) is 1. The molecule has 0 aliphatic heterocycles. The van der Waals surface area contributed by atoms with Crippen molar-refractivity contribution in [1.82, 2.24) is 10.6 Å². The first-order chi connectivity index (χ1) is 14.7. The van der Waals surface area contributed by atoms with Crippen molar-refractivity contribution in [2.75, 3.05) is 6.54 Å². The summed E-state index contributed by atoms with van der Waals surface area (Å²) in [6, 6.07) is 10.7. The molecule has 0 saturated heterocycles. The van der Waals surface area contributed by atoms with Crippen LogP contribution in [0.1, 0.15) is 68.1 Å². The summed E-state index contributed by atoms with van der Waals surface area (Å²) < 4.78 is 5.27. The molecule has 1 aromatic heterocycles. The van der Waals surface area contributed by atoms with E-state index in [0.29, 0.717) is 37.1 Å². The molecule has 7 nitrogen and oxygen atoms in total. The van der Waals surface area contributed by atoms with Crippen LogP contribution in [0.15, 0.2) is 52.8 Å². The summed E-state index contributed by atoms with van der Waals surface area (Å²) in [6.45, 7) is 6.67.